The molecule has 0 bridgehead atoms. The SMILES string of the molecule is O=C(O)CNCC(=O)O.[Zr]. The van der Waals surface area contributed by atoms with Gasteiger partial charge in [-0.15, -0.1) is 0 Å². The summed E-state index contributed by atoms with van der Waals surface area (Å²) in [6.07, 6.45) is 0. The smallest absolute Gasteiger partial charge is 0.317 e. The largest absolute Gasteiger partial charge is 0.480 e. The van der Waals surface area contributed by atoms with E-state index in [2.05, 4.69) is 5.32 Å². The fourth-order valence-corrected chi connectivity index (χ4v) is 0.276. The van der Waals surface area contributed by atoms with Gasteiger partial charge in [0, 0.05) is 26.2 Å². The summed E-state index contributed by atoms with van der Waals surface area (Å²) >= 11 is 0. The Balaban J connectivity index is 0. The molecule has 0 aliphatic carbocycles. The van der Waals surface area contributed by atoms with Gasteiger partial charge < -0.3 is 10.2 Å². The summed E-state index contributed by atoms with van der Waals surface area (Å²) in [4.78, 5) is 19.5. The van der Waals surface area contributed by atoms with E-state index < -0.39 is 11.9 Å². The van der Waals surface area contributed by atoms with Crippen molar-refractivity contribution in [2.75, 3.05) is 13.1 Å². The van der Waals surface area contributed by atoms with Gasteiger partial charge in [0.2, 0.25) is 0 Å². The number of hydrogen-bond acceptors (Lipinski definition) is 3. The molecule has 0 aliphatic heterocycles. The first-order chi connectivity index (χ1) is 4.13. The maximum Gasteiger partial charge on any atom is 0.317 e. The zero-order chi connectivity index (χ0) is 7.28. The molecule has 0 aromatic rings. The fraction of sp³-hybridized carbons (Fsp3) is 0.500. The van der Waals surface area contributed by atoms with Crippen LogP contribution in [0.3, 0.4) is 0 Å². The Kier molecular flexibility index (Phi) is 8.59. The minimum Gasteiger partial charge on any atom is -0.480 e. The molecule has 0 saturated carbocycles. The summed E-state index contributed by atoms with van der Waals surface area (Å²) in [5, 5.41) is 18.1. The van der Waals surface area contributed by atoms with Gasteiger partial charge in [0.05, 0.1) is 13.1 Å². The Morgan fingerprint density at radius 1 is 1.10 bits per heavy atom. The molecule has 0 spiro atoms. The molecule has 0 aliphatic rings. The first-order valence-corrected chi connectivity index (χ1v) is 2.27. The van der Waals surface area contributed by atoms with Gasteiger partial charge in [-0.1, -0.05) is 0 Å². The molecule has 5 nitrogen and oxygen atoms in total. The molecule has 10 heavy (non-hydrogen) atoms. The summed E-state index contributed by atoms with van der Waals surface area (Å²) in [7, 11) is 0. The molecule has 0 fully saturated rings. The normalized spacial score (nSPS) is 8.00. The monoisotopic (exact) mass is 223 g/mol. The molecule has 0 saturated heterocycles. The average Bonchev–Trinajstić information content (AvgIpc) is 1.63. The van der Waals surface area contributed by atoms with Gasteiger partial charge in [-0.25, -0.2) is 0 Å². The van der Waals surface area contributed by atoms with Gasteiger partial charge in [0.25, 0.3) is 0 Å². The molecule has 0 aromatic carbocycles. The summed E-state index contributed by atoms with van der Waals surface area (Å²) in [5.74, 6) is -2.12. The van der Waals surface area contributed by atoms with Crippen molar-refractivity contribution >= 4 is 11.9 Å². The van der Waals surface area contributed by atoms with Gasteiger partial charge in [0.15, 0.2) is 0 Å². The van der Waals surface area contributed by atoms with Crippen molar-refractivity contribution in [1.82, 2.24) is 5.32 Å². The minimum atomic E-state index is -1.06. The van der Waals surface area contributed by atoms with E-state index in [1.165, 1.54) is 0 Å². The van der Waals surface area contributed by atoms with Gasteiger partial charge in [-0.2, -0.15) is 0 Å². The third-order valence-electron chi connectivity index (χ3n) is 0.552. The number of carboxylic acid groups (broad SMARTS) is 2. The van der Waals surface area contributed by atoms with Gasteiger partial charge in [-0.3, -0.25) is 14.9 Å². The van der Waals surface area contributed by atoms with Crippen LogP contribution in [0.2, 0.25) is 0 Å². The van der Waals surface area contributed by atoms with Gasteiger partial charge in [0.1, 0.15) is 0 Å². The van der Waals surface area contributed by atoms with Crippen LogP contribution in [0.1, 0.15) is 0 Å². The quantitative estimate of drug-likeness (QED) is 0.555. The summed E-state index contributed by atoms with van der Waals surface area (Å²) in [6.45, 7) is -0.626. The number of carboxylic acids is 2. The van der Waals surface area contributed by atoms with Crippen molar-refractivity contribution in [2.24, 2.45) is 0 Å². The van der Waals surface area contributed by atoms with Crippen LogP contribution >= 0.6 is 0 Å². The molecule has 0 aromatic heterocycles. The Labute approximate surface area is 76.5 Å². The van der Waals surface area contributed by atoms with Crippen molar-refractivity contribution in [3.63, 3.8) is 0 Å². The number of aliphatic carboxylic acids is 2. The van der Waals surface area contributed by atoms with Crippen LogP contribution in [0, 0.1) is 0 Å². The van der Waals surface area contributed by atoms with E-state index in [0.29, 0.717) is 0 Å². The Hall–Kier alpha value is -0.217. The maximum atomic E-state index is 9.73. The molecule has 6 heteroatoms. The van der Waals surface area contributed by atoms with Crippen LogP contribution in [0.5, 0.6) is 0 Å². The molecule has 0 atom stereocenters. The van der Waals surface area contributed by atoms with E-state index >= 15 is 0 Å². The first-order valence-electron chi connectivity index (χ1n) is 2.27. The molecular weight excluding hydrogens is 217 g/mol. The van der Waals surface area contributed by atoms with Crippen molar-refractivity contribution < 1.29 is 46.0 Å². The van der Waals surface area contributed by atoms with Crippen LogP contribution in [0.4, 0.5) is 0 Å². The van der Waals surface area contributed by atoms with E-state index in [4.69, 9.17) is 10.2 Å². The van der Waals surface area contributed by atoms with Crippen LogP contribution in [-0.4, -0.2) is 35.2 Å². The zero-order valence-electron chi connectivity index (χ0n) is 5.13. The number of hydrogen-bond donors (Lipinski definition) is 3. The second-order valence-electron chi connectivity index (χ2n) is 1.39. The minimum absolute atomic E-state index is 0. The third kappa shape index (κ3) is 10.7. The zero-order valence-corrected chi connectivity index (χ0v) is 7.58. The first kappa shape index (κ1) is 12.5. The van der Waals surface area contributed by atoms with Crippen LogP contribution in [0.25, 0.3) is 0 Å². The van der Waals surface area contributed by atoms with Crippen molar-refractivity contribution in [1.29, 1.82) is 0 Å². The summed E-state index contributed by atoms with van der Waals surface area (Å²) in [6, 6.07) is 0. The second-order valence-corrected chi connectivity index (χ2v) is 1.39. The van der Waals surface area contributed by atoms with E-state index in [9.17, 15) is 9.59 Å². The predicted molar refractivity (Wildman–Crippen MR) is 28.1 cm³/mol. The number of nitrogens with one attached hydrogen (secondary N) is 1. The van der Waals surface area contributed by atoms with E-state index in [1.807, 2.05) is 0 Å². The molecule has 0 unspecified atom stereocenters. The van der Waals surface area contributed by atoms with E-state index in [-0.39, 0.29) is 39.3 Å². The summed E-state index contributed by atoms with van der Waals surface area (Å²) in [5.41, 5.74) is 0. The van der Waals surface area contributed by atoms with Crippen LogP contribution in [0.15, 0.2) is 0 Å². The molecular formula is C4H7NO4Zr. The topological polar surface area (TPSA) is 86.6 Å². The Morgan fingerprint density at radius 3 is 1.60 bits per heavy atom. The molecule has 0 amide bonds. The average molecular weight is 224 g/mol. The van der Waals surface area contributed by atoms with Crippen LogP contribution in [-0.2, 0) is 35.8 Å². The Morgan fingerprint density at radius 2 is 1.40 bits per heavy atom. The van der Waals surface area contributed by atoms with Gasteiger partial charge in [-0.05, 0) is 0 Å². The fourth-order valence-electron chi connectivity index (χ4n) is 0.276. The number of rotatable bonds is 4. The summed E-state index contributed by atoms with van der Waals surface area (Å²) < 4.78 is 0. The molecule has 0 rings (SSSR count). The molecule has 56 valence electrons. The number of carbonyl (C=O) groups is 2. The second kappa shape index (κ2) is 6.90. The predicted octanol–water partition coefficient (Wildman–Crippen LogP) is -1.26. The van der Waals surface area contributed by atoms with Crippen molar-refractivity contribution in [3.05, 3.63) is 0 Å². The van der Waals surface area contributed by atoms with Crippen molar-refractivity contribution in [2.45, 2.75) is 0 Å². The molecule has 0 radical (unpaired) electrons. The third-order valence-corrected chi connectivity index (χ3v) is 0.552. The van der Waals surface area contributed by atoms with E-state index in [0.717, 1.165) is 0 Å². The maximum absolute atomic E-state index is 9.73. The van der Waals surface area contributed by atoms with Crippen LogP contribution < -0.4 is 5.32 Å². The van der Waals surface area contributed by atoms with Gasteiger partial charge >= 0.3 is 11.9 Å². The molecule has 3 N–H and O–H groups in total. The molecule has 0 heterocycles. The van der Waals surface area contributed by atoms with Crippen molar-refractivity contribution in [3.8, 4) is 0 Å². The standard InChI is InChI=1S/C4H7NO4.Zr/c6-3(7)1-5-2-4(8)9;/h5H,1-2H2,(H,6,7)(H,8,9);. The Bertz CT molecular complexity index is 112. The van der Waals surface area contributed by atoms with E-state index in [1.54, 1.807) is 0 Å².